The lowest BCUT2D eigenvalue weighted by Gasteiger charge is -2.39. The van der Waals surface area contributed by atoms with Crippen molar-refractivity contribution in [1.82, 2.24) is 3.38 Å². The minimum Gasteiger partial charge on any atom is -0.385 e. The minimum absolute atomic E-state index is 0.0879. The molecule has 7 nitrogen and oxygen atoms in total. The SMILES string of the molecule is CCC[Si](OC)(OC)N(S(=O)(=O)C(Br)(Br)Br)S(=O)(=O)C(Br)(Br)Br. The van der Waals surface area contributed by atoms with E-state index in [2.05, 4.69) is 95.6 Å². The van der Waals surface area contributed by atoms with E-state index in [0.717, 1.165) is 0 Å². The third kappa shape index (κ3) is 5.45. The van der Waals surface area contributed by atoms with Crippen LogP contribution in [0.3, 0.4) is 0 Å². The summed E-state index contributed by atoms with van der Waals surface area (Å²) in [6.07, 6.45) is 0.440. The Morgan fingerprint density at radius 1 is 0.870 bits per heavy atom. The van der Waals surface area contributed by atoms with E-state index in [1.165, 1.54) is 14.2 Å². The maximum Gasteiger partial charge on any atom is 0.456 e. The zero-order valence-electron chi connectivity index (χ0n) is 11.9. The molecule has 0 bridgehead atoms. The molecule has 140 valence electrons. The summed E-state index contributed by atoms with van der Waals surface area (Å²) in [5.41, 5.74) is 0. The molecule has 0 spiro atoms. The molecule has 0 saturated heterocycles. The van der Waals surface area contributed by atoms with Gasteiger partial charge in [0.2, 0.25) is 2.95 Å². The highest BCUT2D eigenvalue weighted by molar-refractivity contribution is 9.43. The number of sulfonamides is 2. The first-order chi connectivity index (χ1) is 10.0. The summed E-state index contributed by atoms with van der Waals surface area (Å²) in [6.45, 7) is 1.75. The lowest BCUT2D eigenvalue weighted by atomic mass is 10.6. The Balaban J connectivity index is 6.84. The molecule has 0 rings (SSSR count). The van der Waals surface area contributed by atoms with E-state index < -0.39 is 31.7 Å². The Labute approximate surface area is 187 Å². The highest BCUT2D eigenvalue weighted by Gasteiger charge is 2.64. The van der Waals surface area contributed by atoms with Crippen LogP contribution in [0.5, 0.6) is 0 Å². The van der Waals surface area contributed by atoms with E-state index in [9.17, 15) is 16.8 Å². The molecule has 0 aliphatic carbocycles. The van der Waals surface area contributed by atoms with Gasteiger partial charge in [0.05, 0.1) is 0 Å². The molecular formula is C7H13Br6NO6S2Si. The van der Waals surface area contributed by atoms with Crippen molar-refractivity contribution in [3.05, 3.63) is 0 Å². The van der Waals surface area contributed by atoms with Crippen LogP contribution in [0.1, 0.15) is 13.3 Å². The molecule has 0 aliphatic rings. The van der Waals surface area contributed by atoms with Gasteiger partial charge in [0, 0.05) is 20.3 Å². The van der Waals surface area contributed by atoms with Gasteiger partial charge in [-0.1, -0.05) is 16.7 Å². The Morgan fingerprint density at radius 3 is 1.35 bits per heavy atom. The fourth-order valence-electron chi connectivity index (χ4n) is 1.53. The zero-order valence-corrected chi connectivity index (χ0v) is 24.0. The van der Waals surface area contributed by atoms with Crippen molar-refractivity contribution in [1.29, 1.82) is 0 Å². The van der Waals surface area contributed by atoms with Crippen LogP contribution in [0.25, 0.3) is 0 Å². The first kappa shape index (κ1) is 25.9. The summed E-state index contributed by atoms with van der Waals surface area (Å²) >= 11 is 17.2. The van der Waals surface area contributed by atoms with E-state index in [1.54, 1.807) is 6.92 Å². The Bertz CT molecular complexity index is 566. The first-order valence-corrected chi connectivity index (χ1v) is 15.2. The molecule has 23 heavy (non-hydrogen) atoms. The number of nitrogens with zero attached hydrogens (tertiary/aromatic N) is 1. The van der Waals surface area contributed by atoms with Crippen molar-refractivity contribution in [2.45, 2.75) is 22.3 Å². The van der Waals surface area contributed by atoms with Crippen molar-refractivity contribution in [2.75, 3.05) is 14.2 Å². The first-order valence-electron chi connectivity index (χ1n) is 5.58. The molecule has 0 amide bonds. The largest absolute Gasteiger partial charge is 0.456 e. The Kier molecular flexibility index (Phi) is 10.0. The van der Waals surface area contributed by atoms with Crippen LogP contribution < -0.4 is 0 Å². The lowest BCUT2D eigenvalue weighted by Crippen LogP contribution is -2.65. The van der Waals surface area contributed by atoms with Crippen LogP contribution in [-0.2, 0) is 28.9 Å². The van der Waals surface area contributed by atoms with Gasteiger partial charge in [-0.25, -0.2) is 16.8 Å². The summed E-state index contributed by atoms with van der Waals surface area (Å²) in [4.78, 5) is 0. The van der Waals surface area contributed by atoms with E-state index >= 15 is 0 Å². The zero-order chi connectivity index (χ0) is 18.9. The van der Waals surface area contributed by atoms with Crippen molar-refractivity contribution < 1.29 is 25.7 Å². The predicted octanol–water partition coefficient (Wildman–Crippen LogP) is 4.18. The summed E-state index contributed by atoms with van der Waals surface area (Å²) in [5, 5.41) is 0. The second-order valence-electron chi connectivity index (χ2n) is 3.97. The molecule has 0 atom stereocenters. The van der Waals surface area contributed by atoms with Gasteiger partial charge in [-0.05, 0) is 95.6 Å². The molecule has 0 unspecified atom stereocenters. The quantitative estimate of drug-likeness (QED) is 0.285. The van der Waals surface area contributed by atoms with Gasteiger partial charge >= 0.3 is 8.72 Å². The Hall–Kier alpha value is 2.88. The lowest BCUT2D eigenvalue weighted by molar-refractivity contribution is 0.216. The topological polar surface area (TPSA) is 90.0 Å². The second-order valence-corrected chi connectivity index (χ2v) is 28.6. The molecule has 0 aromatic carbocycles. The summed E-state index contributed by atoms with van der Waals surface area (Å²) in [6, 6.07) is 0.0879. The van der Waals surface area contributed by atoms with Gasteiger partial charge in [-0.15, -0.1) is 0 Å². The molecule has 0 aliphatic heterocycles. The van der Waals surface area contributed by atoms with Crippen LogP contribution in [-0.4, -0.2) is 46.1 Å². The molecule has 0 N–H and O–H groups in total. The van der Waals surface area contributed by atoms with E-state index in [0.29, 0.717) is 6.42 Å². The number of halogens is 6. The molecule has 0 aromatic rings. The molecule has 0 radical (unpaired) electrons. The minimum atomic E-state index is -4.57. The van der Waals surface area contributed by atoms with Crippen LogP contribution in [0.4, 0.5) is 0 Å². The van der Waals surface area contributed by atoms with Crippen LogP contribution in [0.15, 0.2) is 0 Å². The van der Waals surface area contributed by atoms with Gasteiger partial charge in [-0.2, -0.15) is 0 Å². The summed E-state index contributed by atoms with van der Waals surface area (Å²) < 4.78 is 58.6. The van der Waals surface area contributed by atoms with Gasteiger partial charge in [-0.3, -0.25) is 0 Å². The molecule has 0 heterocycles. The second kappa shape index (κ2) is 8.92. The molecule has 16 heteroatoms. The van der Waals surface area contributed by atoms with Crippen LogP contribution >= 0.6 is 95.6 Å². The van der Waals surface area contributed by atoms with Crippen molar-refractivity contribution in [2.24, 2.45) is 0 Å². The maximum atomic E-state index is 12.9. The molecule has 0 saturated carbocycles. The number of hydrogen-bond donors (Lipinski definition) is 0. The number of rotatable bonds is 7. The third-order valence-electron chi connectivity index (χ3n) is 2.50. The predicted molar refractivity (Wildman–Crippen MR) is 114 cm³/mol. The average Bonchev–Trinajstić information content (AvgIpc) is 2.34. The Morgan fingerprint density at radius 2 is 1.17 bits per heavy atom. The third-order valence-corrected chi connectivity index (χ3v) is 19.2. The van der Waals surface area contributed by atoms with E-state index in [4.69, 9.17) is 8.85 Å². The number of alkyl halides is 6. The smallest absolute Gasteiger partial charge is 0.385 e. The normalized spacial score (nSPS) is 15.2. The van der Waals surface area contributed by atoms with Gasteiger partial charge < -0.3 is 8.85 Å². The number of hydrogen-bond acceptors (Lipinski definition) is 6. The molecule has 0 fully saturated rings. The van der Waals surface area contributed by atoms with Gasteiger partial charge in [0.25, 0.3) is 20.0 Å². The fraction of sp³-hybridized carbons (Fsp3) is 1.00. The molecular weight excluding hydrogens is 766 g/mol. The maximum absolute atomic E-state index is 12.9. The van der Waals surface area contributed by atoms with Crippen molar-refractivity contribution >= 4 is 124 Å². The standard InChI is InChI=1S/C7H13Br6NO6S2Si/c1-4-5-23(19-2,20-3)14(21(15,16)6(8,9)10)22(17,18)7(11,12)13/h4-5H2,1-3H3. The van der Waals surface area contributed by atoms with E-state index in [-0.39, 0.29) is 9.42 Å². The van der Waals surface area contributed by atoms with Gasteiger partial charge in [0.15, 0.2) is 0 Å². The molecule has 0 aromatic heterocycles. The highest BCUT2D eigenvalue weighted by atomic mass is 80.0. The fourth-order valence-corrected chi connectivity index (χ4v) is 17.2. The highest BCUT2D eigenvalue weighted by Crippen LogP contribution is 2.50. The summed E-state index contributed by atoms with van der Waals surface area (Å²) in [5.74, 6) is 0. The van der Waals surface area contributed by atoms with Crippen LogP contribution in [0, 0.1) is 0 Å². The van der Waals surface area contributed by atoms with Crippen molar-refractivity contribution in [3.63, 3.8) is 0 Å². The average molecular weight is 779 g/mol. The van der Waals surface area contributed by atoms with Gasteiger partial charge in [0.1, 0.15) is 0 Å². The van der Waals surface area contributed by atoms with Crippen molar-refractivity contribution in [3.8, 4) is 0 Å². The monoisotopic (exact) mass is 773 g/mol. The summed E-state index contributed by atoms with van der Waals surface area (Å²) in [7, 11) is -10.6. The van der Waals surface area contributed by atoms with E-state index in [1.807, 2.05) is 0 Å². The van der Waals surface area contributed by atoms with Crippen LogP contribution in [0.2, 0.25) is 6.04 Å².